The van der Waals surface area contributed by atoms with Crippen LogP contribution in [0.1, 0.15) is 28.4 Å². The number of carbonyl (C=O) groups is 2. The number of hydrogen-bond acceptors (Lipinski definition) is 5. The molecule has 2 N–H and O–H groups in total. The first-order valence-electron chi connectivity index (χ1n) is 9.70. The normalized spacial score (nSPS) is 17.4. The number of amides is 2. The Hall–Kier alpha value is -3.81. The van der Waals surface area contributed by atoms with Gasteiger partial charge >= 0.3 is 0 Å². The number of H-pyrrole nitrogens is 1. The highest BCUT2D eigenvalue weighted by Gasteiger charge is 2.26. The lowest BCUT2D eigenvalue weighted by atomic mass is 9.96. The number of aromatic amines is 1. The quantitative estimate of drug-likeness (QED) is 0.700. The Balaban J connectivity index is 1.41. The summed E-state index contributed by atoms with van der Waals surface area (Å²) in [7, 11) is 1.68. The average Bonchev–Trinajstić information content (AvgIpc) is 3.31. The lowest BCUT2D eigenvalue weighted by Crippen LogP contribution is -2.36. The van der Waals surface area contributed by atoms with Crippen LogP contribution in [0, 0.1) is 0 Å². The molecule has 0 fully saturated rings. The Kier molecular flexibility index (Phi) is 4.39. The molecular weight excluding hydrogens is 384 g/mol. The molecule has 30 heavy (non-hydrogen) atoms. The molecule has 2 amide bonds. The monoisotopic (exact) mass is 404 g/mol. The molecule has 5 rings (SSSR count). The number of benzene rings is 2. The summed E-state index contributed by atoms with van der Waals surface area (Å²) in [5.41, 5.74) is 3.96. The molecule has 0 saturated heterocycles. The summed E-state index contributed by atoms with van der Waals surface area (Å²) in [6.45, 7) is 0.533. The third kappa shape index (κ3) is 3.16. The molecule has 3 aromatic rings. The molecule has 1 aromatic heterocycles. The van der Waals surface area contributed by atoms with Gasteiger partial charge in [-0.05, 0) is 35.9 Å². The van der Waals surface area contributed by atoms with Crippen molar-refractivity contribution in [2.75, 3.05) is 25.2 Å². The topological polar surface area (TPSA) is 96.6 Å². The van der Waals surface area contributed by atoms with Crippen LogP contribution < -0.4 is 19.7 Å². The van der Waals surface area contributed by atoms with Crippen LogP contribution in [0.15, 0.2) is 48.8 Å². The van der Waals surface area contributed by atoms with Crippen molar-refractivity contribution in [2.45, 2.75) is 12.5 Å². The maximum atomic E-state index is 13.0. The molecule has 1 unspecified atom stereocenters. The van der Waals surface area contributed by atoms with E-state index in [2.05, 4.69) is 15.5 Å². The Bertz CT molecular complexity index is 1130. The Morgan fingerprint density at radius 3 is 2.87 bits per heavy atom. The summed E-state index contributed by atoms with van der Waals surface area (Å²) in [5, 5.41) is 9.93. The van der Waals surface area contributed by atoms with E-state index in [0.29, 0.717) is 30.0 Å². The van der Waals surface area contributed by atoms with Crippen LogP contribution in [0.3, 0.4) is 0 Å². The van der Waals surface area contributed by atoms with E-state index in [1.807, 2.05) is 24.4 Å². The van der Waals surface area contributed by atoms with Crippen LogP contribution in [0.5, 0.6) is 11.5 Å². The fourth-order valence-corrected chi connectivity index (χ4v) is 3.79. The van der Waals surface area contributed by atoms with Crippen LogP contribution in [-0.4, -0.2) is 42.3 Å². The minimum atomic E-state index is -0.212. The van der Waals surface area contributed by atoms with E-state index >= 15 is 0 Å². The van der Waals surface area contributed by atoms with Gasteiger partial charge in [-0.15, -0.1) is 0 Å². The molecule has 0 saturated carbocycles. The van der Waals surface area contributed by atoms with Crippen LogP contribution in [0.4, 0.5) is 5.69 Å². The first kappa shape index (κ1) is 18.2. The molecule has 0 aliphatic carbocycles. The number of nitrogens with one attached hydrogen (secondary N) is 2. The molecule has 2 aromatic carbocycles. The van der Waals surface area contributed by atoms with E-state index in [9.17, 15) is 9.59 Å². The lowest BCUT2D eigenvalue weighted by molar-refractivity contribution is -0.120. The van der Waals surface area contributed by atoms with Crippen LogP contribution in [0.25, 0.3) is 11.1 Å². The van der Waals surface area contributed by atoms with Gasteiger partial charge in [-0.2, -0.15) is 5.10 Å². The highest BCUT2D eigenvalue weighted by Crippen LogP contribution is 2.36. The number of likely N-dealkylation sites (N-methyl/N-ethyl adjacent to an activating group) is 1. The SMILES string of the molecule is CN1C(=O)COc2ccc(C(=O)NC3CCOc4ccc(-c5cn[nH]c5)cc43)cc21. The zero-order valence-corrected chi connectivity index (χ0v) is 16.3. The van der Waals surface area contributed by atoms with Crippen LogP contribution >= 0.6 is 0 Å². The predicted molar refractivity (Wildman–Crippen MR) is 110 cm³/mol. The summed E-state index contributed by atoms with van der Waals surface area (Å²) >= 11 is 0. The second-order valence-corrected chi connectivity index (χ2v) is 7.33. The molecule has 3 heterocycles. The maximum absolute atomic E-state index is 13.0. The van der Waals surface area contributed by atoms with Crippen LogP contribution in [-0.2, 0) is 4.79 Å². The number of rotatable bonds is 3. The highest BCUT2D eigenvalue weighted by atomic mass is 16.5. The third-order valence-corrected chi connectivity index (χ3v) is 5.49. The number of nitrogens with zero attached hydrogens (tertiary/aromatic N) is 2. The van der Waals surface area contributed by atoms with E-state index in [-0.39, 0.29) is 24.5 Å². The molecule has 2 aliphatic heterocycles. The first-order chi connectivity index (χ1) is 14.6. The zero-order chi connectivity index (χ0) is 20.7. The molecule has 8 heteroatoms. The summed E-state index contributed by atoms with van der Waals surface area (Å²) < 4.78 is 11.2. The number of anilines is 1. The Morgan fingerprint density at radius 1 is 1.17 bits per heavy atom. The largest absolute Gasteiger partial charge is 0.493 e. The van der Waals surface area contributed by atoms with Crippen molar-refractivity contribution < 1.29 is 19.1 Å². The molecule has 2 aliphatic rings. The minimum Gasteiger partial charge on any atom is -0.493 e. The molecule has 8 nitrogen and oxygen atoms in total. The van der Waals surface area contributed by atoms with Gasteiger partial charge in [-0.25, -0.2) is 0 Å². The van der Waals surface area contributed by atoms with Gasteiger partial charge in [0.25, 0.3) is 11.8 Å². The molecule has 152 valence electrons. The Labute approximate surface area is 172 Å². The van der Waals surface area contributed by atoms with Crippen molar-refractivity contribution >= 4 is 17.5 Å². The molecule has 0 radical (unpaired) electrons. The van der Waals surface area contributed by atoms with Gasteiger partial charge in [0.15, 0.2) is 6.61 Å². The Morgan fingerprint density at radius 2 is 2.03 bits per heavy atom. The highest BCUT2D eigenvalue weighted by molar-refractivity contribution is 6.01. The molecular formula is C22H20N4O4. The molecule has 1 atom stereocenters. The summed E-state index contributed by atoms with van der Waals surface area (Å²) in [4.78, 5) is 26.4. The number of aromatic nitrogens is 2. The fraction of sp³-hybridized carbons (Fsp3) is 0.227. The van der Waals surface area contributed by atoms with E-state index in [1.54, 1.807) is 31.4 Å². The number of carbonyl (C=O) groups excluding carboxylic acids is 2. The van der Waals surface area contributed by atoms with Crippen molar-refractivity contribution in [3.05, 3.63) is 59.9 Å². The summed E-state index contributed by atoms with van der Waals surface area (Å²) in [5.74, 6) is 0.999. The number of fused-ring (bicyclic) bond motifs is 2. The smallest absolute Gasteiger partial charge is 0.264 e. The van der Waals surface area contributed by atoms with Crippen LogP contribution in [0.2, 0.25) is 0 Å². The second kappa shape index (κ2) is 7.22. The average molecular weight is 404 g/mol. The van der Waals surface area contributed by atoms with Crippen molar-refractivity contribution in [2.24, 2.45) is 0 Å². The van der Waals surface area contributed by atoms with E-state index in [4.69, 9.17) is 9.47 Å². The van der Waals surface area contributed by atoms with E-state index in [0.717, 1.165) is 22.4 Å². The third-order valence-electron chi connectivity index (χ3n) is 5.49. The van der Waals surface area contributed by atoms with Gasteiger partial charge in [0.2, 0.25) is 0 Å². The molecule has 0 spiro atoms. The van der Waals surface area contributed by atoms with Crippen molar-refractivity contribution in [3.63, 3.8) is 0 Å². The predicted octanol–water partition coefficient (Wildman–Crippen LogP) is 2.69. The number of ether oxygens (including phenoxy) is 2. The van der Waals surface area contributed by atoms with Gasteiger partial charge in [-0.3, -0.25) is 14.7 Å². The maximum Gasteiger partial charge on any atom is 0.264 e. The minimum absolute atomic E-state index is 0.00684. The lowest BCUT2D eigenvalue weighted by Gasteiger charge is -2.28. The van der Waals surface area contributed by atoms with E-state index in [1.165, 1.54) is 4.90 Å². The van der Waals surface area contributed by atoms with Crippen molar-refractivity contribution in [1.82, 2.24) is 15.5 Å². The van der Waals surface area contributed by atoms with Gasteiger partial charge in [0, 0.05) is 36.4 Å². The van der Waals surface area contributed by atoms with E-state index < -0.39 is 0 Å². The van der Waals surface area contributed by atoms with Gasteiger partial charge in [0.05, 0.1) is 24.5 Å². The first-order valence-corrected chi connectivity index (χ1v) is 9.70. The fourth-order valence-electron chi connectivity index (χ4n) is 3.79. The summed E-state index contributed by atoms with van der Waals surface area (Å²) in [6.07, 6.45) is 4.25. The summed E-state index contributed by atoms with van der Waals surface area (Å²) in [6, 6.07) is 10.9. The molecule has 0 bridgehead atoms. The van der Waals surface area contributed by atoms with Gasteiger partial charge in [0.1, 0.15) is 11.5 Å². The standard InChI is InChI=1S/C22H20N4O4/c1-26-18-9-14(3-5-20(18)30-12-21(26)27)22(28)25-17-6-7-29-19-4-2-13(8-16(17)19)15-10-23-24-11-15/h2-5,8-11,17H,6-7,12H2,1H3,(H,23,24)(H,25,28). The number of hydrogen-bond donors (Lipinski definition) is 2. The zero-order valence-electron chi connectivity index (χ0n) is 16.3. The van der Waals surface area contributed by atoms with Crippen molar-refractivity contribution in [1.29, 1.82) is 0 Å². The van der Waals surface area contributed by atoms with Gasteiger partial charge < -0.3 is 19.7 Å². The van der Waals surface area contributed by atoms with Gasteiger partial charge in [-0.1, -0.05) is 6.07 Å². The van der Waals surface area contributed by atoms with Crippen molar-refractivity contribution in [3.8, 4) is 22.6 Å². The second-order valence-electron chi connectivity index (χ2n) is 7.33.